The van der Waals surface area contributed by atoms with Crippen LogP contribution in [0.5, 0.6) is 0 Å². The maximum Gasteiger partial charge on any atom is 0.409 e. The molecule has 0 aromatic rings. The lowest BCUT2D eigenvalue weighted by Gasteiger charge is -2.42. The fourth-order valence-electron chi connectivity index (χ4n) is 2.85. The summed E-state index contributed by atoms with van der Waals surface area (Å²) >= 11 is 0. The maximum absolute atomic E-state index is 11.8. The zero-order valence-electron chi connectivity index (χ0n) is 11.2. The highest BCUT2D eigenvalue weighted by atomic mass is 32.2. The van der Waals surface area contributed by atoms with Gasteiger partial charge in [0.05, 0.1) is 31.3 Å². The van der Waals surface area contributed by atoms with Crippen molar-refractivity contribution in [1.82, 2.24) is 9.80 Å². The summed E-state index contributed by atoms with van der Waals surface area (Å²) in [6, 6.07) is -0.448. The number of fused-ring (bicyclic) bond motifs is 1. The number of ether oxygens (including phenoxy) is 2. The molecule has 2 heterocycles. The number of piperazine rings is 1. The van der Waals surface area contributed by atoms with Gasteiger partial charge in [-0.25, -0.2) is 13.2 Å². The lowest BCUT2D eigenvalue weighted by molar-refractivity contribution is 0.0265. The van der Waals surface area contributed by atoms with E-state index in [1.807, 2.05) is 0 Å². The van der Waals surface area contributed by atoms with E-state index in [-0.39, 0.29) is 23.6 Å². The van der Waals surface area contributed by atoms with Crippen molar-refractivity contribution >= 4 is 15.9 Å². The Balaban J connectivity index is 2.16. The Labute approximate surface area is 113 Å². The number of carbonyl (C=O) groups excluding carboxylic acids is 1. The molecular weight excluding hydrogens is 272 g/mol. The van der Waals surface area contributed by atoms with Gasteiger partial charge in [0.25, 0.3) is 0 Å². The van der Waals surface area contributed by atoms with Crippen molar-refractivity contribution in [2.24, 2.45) is 0 Å². The number of sulfone groups is 1. The molecule has 2 fully saturated rings. The second-order valence-electron chi connectivity index (χ2n) is 4.90. The smallest absolute Gasteiger partial charge is 0.409 e. The number of hydrogen-bond acceptors (Lipinski definition) is 6. The fraction of sp³-hybridized carbons (Fsp3) is 0.909. The molecule has 0 bridgehead atoms. The van der Waals surface area contributed by atoms with E-state index in [9.17, 15) is 13.2 Å². The van der Waals surface area contributed by atoms with Crippen molar-refractivity contribution in [3.63, 3.8) is 0 Å². The summed E-state index contributed by atoms with van der Waals surface area (Å²) in [5.41, 5.74) is 0. The Bertz CT molecular complexity index is 438. The average Bonchev–Trinajstić information content (AvgIpc) is 2.70. The molecule has 19 heavy (non-hydrogen) atoms. The minimum atomic E-state index is -3.09. The zero-order chi connectivity index (χ0) is 14.0. The van der Waals surface area contributed by atoms with Crippen LogP contribution in [-0.4, -0.2) is 88.4 Å². The van der Waals surface area contributed by atoms with E-state index >= 15 is 0 Å². The van der Waals surface area contributed by atoms with Gasteiger partial charge in [0.15, 0.2) is 9.84 Å². The second kappa shape index (κ2) is 5.64. The largest absolute Gasteiger partial charge is 0.453 e. The summed E-state index contributed by atoms with van der Waals surface area (Å²) in [5, 5.41) is 0. The van der Waals surface area contributed by atoms with Gasteiger partial charge in [-0.15, -0.1) is 0 Å². The van der Waals surface area contributed by atoms with Crippen LogP contribution in [-0.2, 0) is 19.3 Å². The Morgan fingerprint density at radius 1 is 1.21 bits per heavy atom. The van der Waals surface area contributed by atoms with Gasteiger partial charge in [0.1, 0.15) is 0 Å². The van der Waals surface area contributed by atoms with Crippen LogP contribution >= 0.6 is 0 Å². The lowest BCUT2D eigenvalue weighted by Crippen LogP contribution is -2.61. The molecule has 0 aliphatic carbocycles. The van der Waals surface area contributed by atoms with Gasteiger partial charge < -0.3 is 14.4 Å². The van der Waals surface area contributed by atoms with Crippen LogP contribution in [0.1, 0.15) is 0 Å². The number of carbonyl (C=O) groups is 1. The van der Waals surface area contributed by atoms with E-state index in [1.165, 1.54) is 7.11 Å². The van der Waals surface area contributed by atoms with Crippen LogP contribution in [0.4, 0.5) is 4.79 Å². The standard InChI is InChI=1S/C11H20N2O5S/c1-17-6-5-12-3-4-13(11(14)18-2)10-8-19(15,16)7-9(10)12/h9-10H,3-8H2,1-2H3/t9-,10+/m1/s1. The Morgan fingerprint density at radius 3 is 2.53 bits per heavy atom. The molecule has 0 saturated carbocycles. The van der Waals surface area contributed by atoms with Crippen molar-refractivity contribution in [1.29, 1.82) is 0 Å². The summed E-state index contributed by atoms with van der Waals surface area (Å²) in [5.74, 6) is 0.130. The van der Waals surface area contributed by atoms with Crippen molar-refractivity contribution in [3.05, 3.63) is 0 Å². The molecule has 2 aliphatic rings. The molecule has 2 saturated heterocycles. The Kier molecular flexibility index (Phi) is 4.32. The predicted octanol–water partition coefficient (Wildman–Crippen LogP) is -0.818. The summed E-state index contributed by atoms with van der Waals surface area (Å²) < 4.78 is 33.4. The molecule has 0 aromatic heterocycles. The minimum Gasteiger partial charge on any atom is -0.453 e. The first kappa shape index (κ1) is 14.5. The number of rotatable bonds is 3. The molecule has 1 amide bonds. The first-order valence-corrected chi connectivity index (χ1v) is 8.08. The van der Waals surface area contributed by atoms with Crippen LogP contribution < -0.4 is 0 Å². The fourth-order valence-corrected chi connectivity index (χ4v) is 4.87. The SMILES string of the molecule is COCCN1CCN(C(=O)OC)[C@H]2CS(=O)(=O)C[C@H]21. The molecule has 0 unspecified atom stereocenters. The van der Waals surface area contributed by atoms with Gasteiger partial charge in [0, 0.05) is 32.8 Å². The van der Waals surface area contributed by atoms with Gasteiger partial charge >= 0.3 is 6.09 Å². The Morgan fingerprint density at radius 2 is 1.89 bits per heavy atom. The second-order valence-corrected chi connectivity index (χ2v) is 7.06. The van der Waals surface area contributed by atoms with Crippen molar-refractivity contribution in [2.45, 2.75) is 12.1 Å². The lowest BCUT2D eigenvalue weighted by atomic mass is 10.1. The molecule has 0 N–H and O–H groups in total. The molecule has 0 radical (unpaired) electrons. The van der Waals surface area contributed by atoms with Crippen LogP contribution in [0.15, 0.2) is 0 Å². The van der Waals surface area contributed by atoms with E-state index in [1.54, 1.807) is 12.0 Å². The molecule has 0 spiro atoms. The van der Waals surface area contributed by atoms with Crippen LogP contribution in [0.2, 0.25) is 0 Å². The highest BCUT2D eigenvalue weighted by molar-refractivity contribution is 7.91. The third-order valence-electron chi connectivity index (χ3n) is 3.78. The molecule has 2 atom stereocenters. The van der Waals surface area contributed by atoms with Crippen molar-refractivity contribution < 1.29 is 22.7 Å². The minimum absolute atomic E-state index is 0.0241. The molecular formula is C11H20N2O5S. The quantitative estimate of drug-likeness (QED) is 0.677. The van der Waals surface area contributed by atoms with Gasteiger partial charge in [-0.1, -0.05) is 0 Å². The summed E-state index contributed by atoms with van der Waals surface area (Å²) in [7, 11) is -0.157. The van der Waals surface area contributed by atoms with Crippen LogP contribution in [0.3, 0.4) is 0 Å². The van der Waals surface area contributed by atoms with Gasteiger partial charge in [-0.2, -0.15) is 0 Å². The van der Waals surface area contributed by atoms with Crippen molar-refractivity contribution in [2.75, 3.05) is 52.0 Å². The normalized spacial score (nSPS) is 30.1. The third-order valence-corrected chi connectivity index (χ3v) is 5.48. The monoisotopic (exact) mass is 292 g/mol. The first-order valence-electron chi connectivity index (χ1n) is 6.26. The highest BCUT2D eigenvalue weighted by Crippen LogP contribution is 2.27. The zero-order valence-corrected chi connectivity index (χ0v) is 12.1. The summed E-state index contributed by atoms with van der Waals surface area (Å²) in [6.45, 7) is 2.38. The summed E-state index contributed by atoms with van der Waals surface area (Å²) in [6.07, 6.45) is -0.446. The van der Waals surface area contributed by atoms with Gasteiger partial charge in [-0.05, 0) is 0 Å². The first-order chi connectivity index (χ1) is 8.98. The van der Waals surface area contributed by atoms with E-state index in [0.29, 0.717) is 26.2 Å². The Hall–Kier alpha value is -0.860. The number of nitrogens with zero attached hydrogens (tertiary/aromatic N) is 2. The maximum atomic E-state index is 11.8. The molecule has 0 aromatic carbocycles. The highest BCUT2D eigenvalue weighted by Gasteiger charge is 2.48. The molecule has 110 valence electrons. The number of hydrogen-bond donors (Lipinski definition) is 0. The third kappa shape index (κ3) is 3.01. The number of amides is 1. The number of methoxy groups -OCH3 is 2. The van der Waals surface area contributed by atoms with E-state index < -0.39 is 15.9 Å². The topological polar surface area (TPSA) is 76.2 Å². The molecule has 2 aliphatic heterocycles. The summed E-state index contributed by atoms with van der Waals surface area (Å²) in [4.78, 5) is 15.3. The van der Waals surface area contributed by atoms with E-state index in [0.717, 1.165) is 0 Å². The van der Waals surface area contributed by atoms with E-state index in [2.05, 4.69) is 4.90 Å². The molecule has 2 rings (SSSR count). The van der Waals surface area contributed by atoms with Crippen LogP contribution in [0.25, 0.3) is 0 Å². The van der Waals surface area contributed by atoms with Gasteiger partial charge in [-0.3, -0.25) is 4.90 Å². The van der Waals surface area contributed by atoms with Crippen LogP contribution in [0, 0.1) is 0 Å². The average molecular weight is 292 g/mol. The molecule has 7 nitrogen and oxygen atoms in total. The van der Waals surface area contributed by atoms with Gasteiger partial charge in [0.2, 0.25) is 0 Å². The van der Waals surface area contributed by atoms with E-state index in [4.69, 9.17) is 9.47 Å². The van der Waals surface area contributed by atoms with Crippen molar-refractivity contribution in [3.8, 4) is 0 Å². The predicted molar refractivity (Wildman–Crippen MR) is 68.8 cm³/mol. The molecule has 8 heteroatoms.